The van der Waals surface area contributed by atoms with Crippen LogP contribution in [0.15, 0.2) is 0 Å². The third-order valence-corrected chi connectivity index (χ3v) is 1.51. The summed E-state index contributed by atoms with van der Waals surface area (Å²) in [6, 6.07) is -0.106. The Hall–Kier alpha value is -0.610. The van der Waals surface area contributed by atoms with E-state index in [9.17, 15) is 4.79 Å². The van der Waals surface area contributed by atoms with Gasteiger partial charge in [-0.2, -0.15) is 0 Å². The molecule has 0 aromatic rings. The number of aliphatic hydroxyl groups is 1. The average Bonchev–Trinajstić information content (AvgIpc) is 2.00. The van der Waals surface area contributed by atoms with E-state index in [1.165, 1.54) is 0 Å². The molecule has 0 rings (SSSR count). The fourth-order valence-corrected chi connectivity index (χ4v) is 0.751. The molecule has 0 radical (unpaired) electrons. The molecule has 4 heteroatoms. The molecule has 0 heterocycles. The van der Waals surface area contributed by atoms with E-state index >= 15 is 0 Å². The summed E-state index contributed by atoms with van der Waals surface area (Å²) in [7, 11) is 0. The normalized spacial score (nSPS) is 15.3. The second kappa shape index (κ2) is 5.97. The summed E-state index contributed by atoms with van der Waals surface area (Å²) in [4.78, 5) is 11.0. The third kappa shape index (κ3) is 6.12. The predicted molar refractivity (Wildman–Crippen MR) is 47.6 cm³/mol. The molecule has 2 unspecified atom stereocenters. The highest BCUT2D eigenvalue weighted by molar-refractivity contribution is 5.76. The molecule has 0 aromatic carbocycles. The molecule has 0 aliphatic carbocycles. The van der Waals surface area contributed by atoms with E-state index in [0.29, 0.717) is 12.8 Å². The first-order valence-corrected chi connectivity index (χ1v) is 4.22. The maximum absolute atomic E-state index is 11.0. The van der Waals surface area contributed by atoms with Gasteiger partial charge < -0.3 is 16.2 Å². The van der Waals surface area contributed by atoms with Crippen LogP contribution in [-0.4, -0.2) is 29.7 Å². The minimum absolute atomic E-state index is 0.0239. The second-order valence-corrected chi connectivity index (χ2v) is 3.17. The lowest BCUT2D eigenvalue weighted by Crippen LogP contribution is -2.35. The van der Waals surface area contributed by atoms with E-state index < -0.39 is 0 Å². The van der Waals surface area contributed by atoms with Crippen LogP contribution in [0.1, 0.15) is 26.7 Å². The van der Waals surface area contributed by atoms with Crippen LogP contribution in [0.2, 0.25) is 0 Å². The lowest BCUT2D eigenvalue weighted by Gasteiger charge is -2.11. The molecule has 4 nitrogen and oxygen atoms in total. The Morgan fingerprint density at radius 2 is 2.17 bits per heavy atom. The number of aliphatic hydroxyl groups excluding tert-OH is 1. The number of nitrogens with one attached hydrogen (secondary N) is 1. The molecule has 0 fully saturated rings. The van der Waals surface area contributed by atoms with Crippen LogP contribution in [-0.2, 0) is 4.79 Å². The molecule has 72 valence electrons. The molecular weight excluding hydrogens is 156 g/mol. The van der Waals surface area contributed by atoms with Gasteiger partial charge in [0.25, 0.3) is 0 Å². The fraction of sp³-hybridized carbons (Fsp3) is 0.875. The molecule has 0 saturated carbocycles. The summed E-state index contributed by atoms with van der Waals surface area (Å²) in [6.07, 6.45) is 1.12. The van der Waals surface area contributed by atoms with Gasteiger partial charge in [0.1, 0.15) is 0 Å². The summed E-state index contributed by atoms with van der Waals surface area (Å²) in [6.45, 7) is 3.59. The molecule has 1 amide bonds. The van der Waals surface area contributed by atoms with Crippen molar-refractivity contribution < 1.29 is 9.90 Å². The molecule has 4 N–H and O–H groups in total. The third-order valence-electron chi connectivity index (χ3n) is 1.51. The van der Waals surface area contributed by atoms with E-state index in [0.717, 1.165) is 0 Å². The predicted octanol–water partition coefficient (Wildman–Crippen LogP) is -0.389. The van der Waals surface area contributed by atoms with E-state index in [1.54, 1.807) is 6.92 Å². The zero-order chi connectivity index (χ0) is 9.56. The molecule has 0 aliphatic heterocycles. The van der Waals surface area contributed by atoms with Gasteiger partial charge in [0.05, 0.1) is 6.61 Å². The van der Waals surface area contributed by atoms with Crippen molar-refractivity contribution in [1.29, 1.82) is 0 Å². The molecule has 2 atom stereocenters. The largest absolute Gasteiger partial charge is 0.394 e. The number of nitrogens with two attached hydrogens (primary N) is 1. The topological polar surface area (TPSA) is 75.4 Å². The Morgan fingerprint density at radius 1 is 1.58 bits per heavy atom. The van der Waals surface area contributed by atoms with Crippen LogP contribution in [0, 0.1) is 0 Å². The average molecular weight is 174 g/mol. The van der Waals surface area contributed by atoms with Gasteiger partial charge >= 0.3 is 0 Å². The second-order valence-electron chi connectivity index (χ2n) is 3.17. The van der Waals surface area contributed by atoms with Gasteiger partial charge in [0, 0.05) is 18.5 Å². The van der Waals surface area contributed by atoms with Gasteiger partial charge in [-0.15, -0.1) is 0 Å². The lowest BCUT2D eigenvalue weighted by molar-refractivity contribution is -0.122. The molecular formula is C8H18N2O2. The SMILES string of the molecule is CC(N)CCC(=O)NC(C)CO. The van der Waals surface area contributed by atoms with Crippen molar-refractivity contribution in [2.45, 2.75) is 38.8 Å². The van der Waals surface area contributed by atoms with Crippen LogP contribution in [0.4, 0.5) is 0 Å². The van der Waals surface area contributed by atoms with Crippen molar-refractivity contribution in [3.8, 4) is 0 Å². The van der Waals surface area contributed by atoms with Crippen LogP contribution >= 0.6 is 0 Å². The molecule has 0 saturated heterocycles. The Labute approximate surface area is 73.1 Å². The Balaban J connectivity index is 3.46. The van der Waals surface area contributed by atoms with Crippen molar-refractivity contribution in [3.63, 3.8) is 0 Å². The molecule has 0 spiro atoms. The maximum atomic E-state index is 11.0. The minimum Gasteiger partial charge on any atom is -0.394 e. The minimum atomic E-state index is -0.161. The van der Waals surface area contributed by atoms with Crippen molar-refractivity contribution in [3.05, 3.63) is 0 Å². The summed E-state index contributed by atoms with van der Waals surface area (Å²) in [5.74, 6) is -0.0474. The fourth-order valence-electron chi connectivity index (χ4n) is 0.751. The smallest absolute Gasteiger partial charge is 0.220 e. The van der Waals surface area contributed by atoms with Gasteiger partial charge in [-0.3, -0.25) is 4.79 Å². The summed E-state index contributed by atoms with van der Waals surface area (Å²) >= 11 is 0. The van der Waals surface area contributed by atoms with Gasteiger partial charge in [-0.05, 0) is 20.3 Å². The number of carbonyl (C=O) groups is 1. The van der Waals surface area contributed by atoms with Crippen molar-refractivity contribution >= 4 is 5.91 Å². The highest BCUT2D eigenvalue weighted by atomic mass is 16.3. The van der Waals surface area contributed by atoms with E-state index in [2.05, 4.69) is 5.32 Å². The molecule has 12 heavy (non-hydrogen) atoms. The Kier molecular flexibility index (Phi) is 5.66. The van der Waals surface area contributed by atoms with E-state index in [1.807, 2.05) is 6.92 Å². The van der Waals surface area contributed by atoms with Crippen molar-refractivity contribution in [2.24, 2.45) is 5.73 Å². The maximum Gasteiger partial charge on any atom is 0.220 e. The number of rotatable bonds is 5. The van der Waals surface area contributed by atoms with Crippen molar-refractivity contribution in [1.82, 2.24) is 5.32 Å². The zero-order valence-electron chi connectivity index (χ0n) is 7.71. The summed E-state index contributed by atoms with van der Waals surface area (Å²) in [5, 5.41) is 11.3. The molecule has 0 aromatic heterocycles. The molecule has 0 bridgehead atoms. The first kappa shape index (κ1) is 11.4. The van der Waals surface area contributed by atoms with Crippen LogP contribution in [0.25, 0.3) is 0 Å². The summed E-state index contributed by atoms with van der Waals surface area (Å²) < 4.78 is 0. The van der Waals surface area contributed by atoms with E-state index in [4.69, 9.17) is 10.8 Å². The number of amides is 1. The van der Waals surface area contributed by atoms with Crippen LogP contribution < -0.4 is 11.1 Å². The summed E-state index contributed by atoms with van der Waals surface area (Å²) in [5.41, 5.74) is 5.47. The number of hydrogen-bond donors (Lipinski definition) is 3. The number of hydrogen-bond acceptors (Lipinski definition) is 3. The van der Waals surface area contributed by atoms with Gasteiger partial charge in [0.2, 0.25) is 5.91 Å². The zero-order valence-corrected chi connectivity index (χ0v) is 7.71. The van der Waals surface area contributed by atoms with Crippen LogP contribution in [0.5, 0.6) is 0 Å². The highest BCUT2D eigenvalue weighted by Gasteiger charge is 2.06. The Bertz CT molecular complexity index is 137. The standard InChI is InChI=1S/C8H18N2O2/c1-6(9)3-4-8(12)10-7(2)5-11/h6-7,11H,3-5,9H2,1-2H3,(H,10,12). The first-order valence-electron chi connectivity index (χ1n) is 4.22. The van der Waals surface area contributed by atoms with Gasteiger partial charge in [-0.25, -0.2) is 0 Å². The van der Waals surface area contributed by atoms with Crippen LogP contribution in [0.3, 0.4) is 0 Å². The Morgan fingerprint density at radius 3 is 2.58 bits per heavy atom. The van der Waals surface area contributed by atoms with Crippen molar-refractivity contribution in [2.75, 3.05) is 6.61 Å². The monoisotopic (exact) mass is 174 g/mol. The van der Waals surface area contributed by atoms with E-state index in [-0.39, 0.29) is 24.6 Å². The lowest BCUT2D eigenvalue weighted by atomic mass is 10.2. The van der Waals surface area contributed by atoms with Gasteiger partial charge in [0.15, 0.2) is 0 Å². The molecule has 0 aliphatic rings. The highest BCUT2D eigenvalue weighted by Crippen LogP contribution is 1.93. The van der Waals surface area contributed by atoms with Gasteiger partial charge in [-0.1, -0.05) is 0 Å². The quantitative estimate of drug-likeness (QED) is 0.531. The first-order chi connectivity index (χ1) is 5.56. The number of carbonyl (C=O) groups excluding carboxylic acids is 1.